The lowest BCUT2D eigenvalue weighted by molar-refractivity contribution is -0.122. The molecule has 3 nitrogen and oxygen atoms in total. The predicted octanol–water partition coefficient (Wildman–Crippen LogP) is 2.07. The van der Waals surface area contributed by atoms with Crippen molar-refractivity contribution in [2.45, 2.75) is 64.5 Å². The van der Waals surface area contributed by atoms with Gasteiger partial charge in [0.2, 0.25) is 5.91 Å². The molecule has 3 atom stereocenters. The quantitative estimate of drug-likeness (QED) is 0.770. The Bertz CT molecular complexity index is 263. The lowest BCUT2D eigenvalue weighted by Gasteiger charge is -2.33. The molecule has 0 aliphatic heterocycles. The van der Waals surface area contributed by atoms with Crippen molar-refractivity contribution in [2.24, 2.45) is 11.8 Å². The molecule has 1 amide bonds. The first-order chi connectivity index (χ1) is 8.15. The van der Waals surface area contributed by atoms with Crippen molar-refractivity contribution in [3.63, 3.8) is 0 Å². The minimum Gasteiger partial charge on any atom is -0.353 e. The highest BCUT2D eigenvalue weighted by atomic mass is 16.1. The molecular weight excluding hydrogens is 212 g/mol. The second kappa shape index (κ2) is 5.85. The topological polar surface area (TPSA) is 41.1 Å². The maximum Gasteiger partial charge on any atom is 0.221 e. The highest BCUT2D eigenvalue weighted by Gasteiger charge is 2.26. The summed E-state index contributed by atoms with van der Waals surface area (Å²) in [5.74, 6) is 1.69. The predicted molar refractivity (Wildman–Crippen MR) is 69.8 cm³/mol. The third-order valence-corrected chi connectivity index (χ3v) is 4.14. The van der Waals surface area contributed by atoms with Gasteiger partial charge in [-0.25, -0.2) is 0 Å². The highest BCUT2D eigenvalue weighted by molar-refractivity contribution is 5.76. The Hall–Kier alpha value is -0.570. The summed E-state index contributed by atoms with van der Waals surface area (Å²) in [6, 6.07) is 1.12. The van der Waals surface area contributed by atoms with Gasteiger partial charge in [-0.05, 0) is 43.9 Å². The molecule has 17 heavy (non-hydrogen) atoms. The van der Waals surface area contributed by atoms with Gasteiger partial charge in [0, 0.05) is 25.0 Å². The van der Waals surface area contributed by atoms with E-state index in [0.29, 0.717) is 24.4 Å². The second-order valence-electron chi connectivity index (χ2n) is 6.05. The van der Waals surface area contributed by atoms with Crippen LogP contribution in [-0.4, -0.2) is 24.5 Å². The molecule has 0 aromatic rings. The van der Waals surface area contributed by atoms with E-state index in [9.17, 15) is 4.79 Å². The van der Waals surface area contributed by atoms with Crippen molar-refractivity contribution >= 4 is 5.91 Å². The van der Waals surface area contributed by atoms with Crippen molar-refractivity contribution in [1.82, 2.24) is 10.6 Å². The lowest BCUT2D eigenvalue weighted by atomic mass is 9.80. The zero-order chi connectivity index (χ0) is 12.3. The van der Waals surface area contributed by atoms with Gasteiger partial charge >= 0.3 is 0 Å². The first kappa shape index (κ1) is 12.9. The van der Waals surface area contributed by atoms with E-state index < -0.39 is 0 Å². The first-order valence-corrected chi connectivity index (χ1v) is 7.18. The molecule has 0 bridgehead atoms. The van der Waals surface area contributed by atoms with E-state index in [1.165, 1.54) is 25.7 Å². The Kier molecular flexibility index (Phi) is 4.43. The molecule has 3 unspecified atom stereocenters. The summed E-state index contributed by atoms with van der Waals surface area (Å²) in [7, 11) is 0. The molecule has 2 N–H and O–H groups in total. The molecule has 3 heteroatoms. The Morgan fingerprint density at radius 2 is 1.94 bits per heavy atom. The van der Waals surface area contributed by atoms with Gasteiger partial charge in [0.1, 0.15) is 0 Å². The Balaban J connectivity index is 1.62. The van der Waals surface area contributed by atoms with Crippen molar-refractivity contribution in [1.29, 1.82) is 0 Å². The number of rotatable bonds is 5. The standard InChI is InChI=1S/C14H26N2O/c1-10-3-6-13(11(2)9-10)16-14(17)7-8-15-12-4-5-12/h10-13,15H,3-9H2,1-2H3,(H,16,17). The molecule has 2 aliphatic carbocycles. The van der Waals surface area contributed by atoms with Crippen LogP contribution >= 0.6 is 0 Å². The van der Waals surface area contributed by atoms with Crippen LogP contribution in [0.2, 0.25) is 0 Å². The highest BCUT2D eigenvalue weighted by Crippen LogP contribution is 2.28. The van der Waals surface area contributed by atoms with E-state index in [1.54, 1.807) is 0 Å². The fourth-order valence-electron chi connectivity index (χ4n) is 2.84. The third kappa shape index (κ3) is 4.30. The number of carbonyl (C=O) groups is 1. The van der Waals surface area contributed by atoms with Crippen LogP contribution in [0.3, 0.4) is 0 Å². The summed E-state index contributed by atoms with van der Waals surface area (Å²) in [6.07, 6.45) is 6.89. The van der Waals surface area contributed by atoms with Gasteiger partial charge in [-0.3, -0.25) is 4.79 Å². The molecular formula is C14H26N2O. The molecule has 0 heterocycles. The average molecular weight is 238 g/mol. The SMILES string of the molecule is CC1CCC(NC(=O)CCNC2CC2)C(C)C1. The number of carbonyl (C=O) groups excluding carboxylic acids is 1. The second-order valence-corrected chi connectivity index (χ2v) is 6.05. The number of hydrogen-bond acceptors (Lipinski definition) is 2. The summed E-state index contributed by atoms with van der Waals surface area (Å²) in [5, 5.41) is 6.59. The number of hydrogen-bond donors (Lipinski definition) is 2. The minimum absolute atomic E-state index is 0.226. The molecule has 0 spiro atoms. The molecule has 0 aromatic carbocycles. The van der Waals surface area contributed by atoms with Crippen LogP contribution in [0.25, 0.3) is 0 Å². The van der Waals surface area contributed by atoms with Crippen LogP contribution in [0.5, 0.6) is 0 Å². The van der Waals surface area contributed by atoms with Crippen LogP contribution in [-0.2, 0) is 4.79 Å². The molecule has 2 fully saturated rings. The summed E-state index contributed by atoms with van der Waals surface area (Å²) >= 11 is 0. The van der Waals surface area contributed by atoms with Crippen molar-refractivity contribution in [3.05, 3.63) is 0 Å². The largest absolute Gasteiger partial charge is 0.353 e. The maximum absolute atomic E-state index is 11.8. The van der Waals surface area contributed by atoms with E-state index in [2.05, 4.69) is 24.5 Å². The molecule has 0 radical (unpaired) electrons. The molecule has 2 saturated carbocycles. The molecule has 2 aliphatic rings. The Morgan fingerprint density at radius 1 is 1.18 bits per heavy atom. The third-order valence-electron chi connectivity index (χ3n) is 4.14. The Labute approximate surface area is 105 Å². The zero-order valence-electron chi connectivity index (χ0n) is 11.2. The van der Waals surface area contributed by atoms with Crippen LogP contribution in [0, 0.1) is 11.8 Å². The van der Waals surface area contributed by atoms with Gasteiger partial charge < -0.3 is 10.6 Å². The fourth-order valence-corrected chi connectivity index (χ4v) is 2.84. The van der Waals surface area contributed by atoms with Crippen LogP contribution in [0.15, 0.2) is 0 Å². The maximum atomic E-state index is 11.8. The van der Waals surface area contributed by atoms with Crippen molar-refractivity contribution in [2.75, 3.05) is 6.54 Å². The summed E-state index contributed by atoms with van der Waals surface area (Å²) in [6.45, 7) is 5.42. The van der Waals surface area contributed by atoms with Crippen LogP contribution < -0.4 is 10.6 Å². The van der Waals surface area contributed by atoms with E-state index in [4.69, 9.17) is 0 Å². The van der Waals surface area contributed by atoms with Gasteiger partial charge in [-0.15, -0.1) is 0 Å². The van der Waals surface area contributed by atoms with Crippen LogP contribution in [0.4, 0.5) is 0 Å². The summed E-state index contributed by atoms with van der Waals surface area (Å²) in [4.78, 5) is 11.8. The lowest BCUT2D eigenvalue weighted by Crippen LogP contribution is -2.43. The zero-order valence-corrected chi connectivity index (χ0v) is 11.2. The smallest absolute Gasteiger partial charge is 0.221 e. The van der Waals surface area contributed by atoms with E-state index in [-0.39, 0.29) is 5.91 Å². The van der Waals surface area contributed by atoms with Gasteiger partial charge in [-0.1, -0.05) is 13.8 Å². The van der Waals surface area contributed by atoms with Crippen molar-refractivity contribution < 1.29 is 4.79 Å². The Morgan fingerprint density at radius 3 is 2.59 bits per heavy atom. The van der Waals surface area contributed by atoms with E-state index in [1.807, 2.05) is 0 Å². The minimum atomic E-state index is 0.226. The van der Waals surface area contributed by atoms with E-state index in [0.717, 1.165) is 18.9 Å². The number of amides is 1. The van der Waals surface area contributed by atoms with Gasteiger partial charge in [-0.2, -0.15) is 0 Å². The van der Waals surface area contributed by atoms with Crippen LogP contribution in [0.1, 0.15) is 52.4 Å². The number of nitrogens with one attached hydrogen (secondary N) is 2. The van der Waals surface area contributed by atoms with Crippen molar-refractivity contribution in [3.8, 4) is 0 Å². The molecule has 0 saturated heterocycles. The summed E-state index contributed by atoms with van der Waals surface area (Å²) in [5.41, 5.74) is 0. The summed E-state index contributed by atoms with van der Waals surface area (Å²) < 4.78 is 0. The monoisotopic (exact) mass is 238 g/mol. The van der Waals surface area contributed by atoms with Gasteiger partial charge in [0.05, 0.1) is 0 Å². The van der Waals surface area contributed by atoms with Gasteiger partial charge in [0.15, 0.2) is 0 Å². The van der Waals surface area contributed by atoms with E-state index >= 15 is 0 Å². The molecule has 0 aromatic heterocycles. The molecule has 2 rings (SSSR count). The normalized spacial score (nSPS) is 33.4. The average Bonchev–Trinajstić information content (AvgIpc) is 3.06. The fraction of sp³-hybridized carbons (Fsp3) is 0.929. The van der Waals surface area contributed by atoms with Gasteiger partial charge in [0.25, 0.3) is 0 Å². The molecule has 98 valence electrons. The first-order valence-electron chi connectivity index (χ1n) is 7.18.